The Balaban J connectivity index is 0.000000137. The molecule has 11 rings (SSSR count). The van der Waals surface area contributed by atoms with Gasteiger partial charge in [-0.25, -0.2) is 5.26 Å². The first-order valence-electron chi connectivity index (χ1n) is 19.5. The molecule has 2 N–H and O–H groups in total. The largest absolute Gasteiger partial charge is 0.295 e. The second-order valence-corrected chi connectivity index (χ2v) is 18.5. The predicted molar refractivity (Wildman–Crippen MR) is 256 cm³/mol. The summed E-state index contributed by atoms with van der Waals surface area (Å²) in [5.74, 6) is -0.549. The Kier molecular flexibility index (Phi) is 14.7. The Hall–Kier alpha value is -5.14. The third kappa shape index (κ3) is 10.0. The second kappa shape index (κ2) is 20.6. The van der Waals surface area contributed by atoms with Gasteiger partial charge in [0.2, 0.25) is 0 Å². The van der Waals surface area contributed by atoms with E-state index in [4.69, 9.17) is 5.26 Å². The van der Waals surface area contributed by atoms with Gasteiger partial charge in [0.1, 0.15) is 4.90 Å². The number of thiophene rings is 2. The number of rotatable bonds is 8. The van der Waals surface area contributed by atoms with Gasteiger partial charge in [0.05, 0.1) is 23.1 Å². The minimum Gasteiger partial charge on any atom is -0.289 e. The van der Waals surface area contributed by atoms with E-state index in [0.29, 0.717) is 21.6 Å². The number of carbonyl (C=O) groups is 2. The van der Waals surface area contributed by atoms with Crippen LogP contribution in [0.4, 0.5) is 0 Å². The molecule has 0 saturated heterocycles. The van der Waals surface area contributed by atoms with Crippen LogP contribution in [0.3, 0.4) is 0 Å². The summed E-state index contributed by atoms with van der Waals surface area (Å²) >= 11 is 4.14. The van der Waals surface area contributed by atoms with E-state index in [2.05, 4.69) is 55.7 Å². The van der Waals surface area contributed by atoms with Gasteiger partial charge in [0, 0.05) is 140 Å². The Bertz CT molecular complexity index is 3620. The van der Waals surface area contributed by atoms with E-state index < -0.39 is 15.9 Å². The summed E-state index contributed by atoms with van der Waals surface area (Å²) in [6, 6.07) is 52.0. The van der Waals surface area contributed by atoms with Crippen LogP contribution in [0, 0.1) is 49.4 Å². The van der Waals surface area contributed by atoms with Crippen molar-refractivity contribution in [3.63, 3.8) is 0 Å². The maximum absolute atomic E-state index is 13.0. The first-order valence-corrected chi connectivity index (χ1v) is 23.3. The third-order valence-corrected chi connectivity index (χ3v) is 14.2. The number of pyridine rings is 2. The normalized spacial score (nSPS) is 11.2. The van der Waals surface area contributed by atoms with Crippen LogP contribution in [-0.4, -0.2) is 39.8 Å². The van der Waals surface area contributed by atoms with Gasteiger partial charge in [-0.3, -0.25) is 24.1 Å². The molecule has 0 spiro atoms. The van der Waals surface area contributed by atoms with Gasteiger partial charge in [-0.15, -0.1) is 27.0 Å². The standard InChI is InChI=1S/2C19H12O4S2.C12H8N2.Eu/c20-19(14-6-2-4-8-18(14)25(21,22)23)12-9-10-17-15(11-12)13-5-1-3-7-16(13)24-17;20-19(14-6-2-4-8-18(14)25-23-22-21)12-9-10-17-15(11-12)13-5-1-3-7-16(13)24-17;1-3-9-5-6-10-4-2-8-14-12(10)11(9)13-7-1;/h1-11H,(H,21,22,23);1-11,21H;1-8H;. The van der Waals surface area contributed by atoms with Gasteiger partial charge < -0.3 is 0 Å². The van der Waals surface area contributed by atoms with Crippen LogP contribution in [-0.2, 0) is 19.5 Å². The Morgan fingerprint density at radius 3 is 1.52 bits per heavy atom. The van der Waals surface area contributed by atoms with Gasteiger partial charge in [0.15, 0.2) is 11.6 Å². The summed E-state index contributed by atoms with van der Waals surface area (Å²) in [6.07, 6.45) is 3.60. The van der Waals surface area contributed by atoms with Crippen molar-refractivity contribution in [3.05, 3.63) is 205 Å². The fraction of sp³-hybridized carbons (Fsp3) is 0. The number of hydrogen-bond donors (Lipinski definition) is 2. The van der Waals surface area contributed by atoms with Crippen LogP contribution in [0.5, 0.6) is 0 Å². The van der Waals surface area contributed by atoms with Crippen molar-refractivity contribution >= 4 is 119 Å². The number of aromatic nitrogens is 2. The predicted octanol–water partition coefficient (Wildman–Crippen LogP) is 13.0. The van der Waals surface area contributed by atoms with Gasteiger partial charge >= 0.3 is 0 Å². The van der Waals surface area contributed by atoms with E-state index in [1.807, 2.05) is 72.8 Å². The molecule has 0 atom stereocenters. The van der Waals surface area contributed by atoms with E-state index in [0.717, 1.165) is 69.5 Å². The van der Waals surface area contributed by atoms with Crippen molar-refractivity contribution in [1.82, 2.24) is 9.97 Å². The summed E-state index contributed by atoms with van der Waals surface area (Å²) in [4.78, 5) is 34.7. The van der Waals surface area contributed by atoms with Crippen molar-refractivity contribution in [3.8, 4) is 0 Å². The number of benzene rings is 7. The zero-order valence-electron chi connectivity index (χ0n) is 33.6. The second-order valence-electron chi connectivity index (χ2n) is 14.2. The minimum atomic E-state index is -4.47. The molecule has 321 valence electrons. The number of hydrogen-bond acceptors (Lipinski definition) is 12. The molecule has 1 radical (unpaired) electrons. The van der Waals surface area contributed by atoms with E-state index in [9.17, 15) is 22.6 Å². The van der Waals surface area contributed by atoms with Gasteiger partial charge in [0.25, 0.3) is 10.1 Å². The molecule has 0 saturated carbocycles. The topological polar surface area (TPSA) is 153 Å². The quantitative estimate of drug-likeness (QED) is 0.0373. The molecule has 4 heterocycles. The molecule has 15 heteroatoms. The molecule has 0 aliphatic carbocycles. The molecule has 4 aromatic heterocycles. The number of ketones is 2. The van der Waals surface area contributed by atoms with Crippen LogP contribution in [0.25, 0.3) is 62.2 Å². The molecule has 0 aliphatic heterocycles. The summed E-state index contributed by atoms with van der Waals surface area (Å²) in [7, 11) is -4.47. The molecule has 0 aliphatic rings. The SMILES string of the molecule is O=C(c1ccc2sc3ccccc3c2c1)c1ccccc1S(=O)(=O)O.O=C(c1ccc2sc3ccccc3c2c1)c1ccccc1SOOO.[Eu].c1cnc2c(c1)ccc1cccnc12. The summed E-state index contributed by atoms with van der Waals surface area (Å²) in [5.41, 5.74) is 3.39. The molecule has 10 nitrogen and oxygen atoms in total. The Labute approximate surface area is 424 Å². The Morgan fingerprint density at radius 1 is 0.523 bits per heavy atom. The van der Waals surface area contributed by atoms with Crippen LogP contribution in [0.2, 0.25) is 0 Å². The average molecular weight is 1070 g/mol. The maximum atomic E-state index is 13.0. The van der Waals surface area contributed by atoms with Crippen molar-refractivity contribution in [1.29, 1.82) is 0 Å². The maximum Gasteiger partial charge on any atom is 0.295 e. The summed E-state index contributed by atoms with van der Waals surface area (Å²) in [5, 5.41) is 18.5. The van der Waals surface area contributed by atoms with Gasteiger partial charge in [-0.05, 0) is 84.9 Å². The van der Waals surface area contributed by atoms with Crippen LogP contribution in [0.1, 0.15) is 31.8 Å². The van der Waals surface area contributed by atoms with Gasteiger partial charge in [-0.2, -0.15) is 8.42 Å². The molecule has 0 bridgehead atoms. The van der Waals surface area contributed by atoms with Crippen LogP contribution >= 0.6 is 34.7 Å². The molecule has 0 amide bonds. The monoisotopic (exact) mass is 1070 g/mol. The average Bonchev–Trinajstić information content (AvgIpc) is 3.91. The molecule has 0 fully saturated rings. The molecule has 0 unspecified atom stereocenters. The third-order valence-electron chi connectivity index (χ3n) is 10.3. The molecule has 7 aromatic carbocycles. The fourth-order valence-corrected chi connectivity index (χ4v) is 10.7. The van der Waals surface area contributed by atoms with E-state index in [-0.39, 0.29) is 65.6 Å². The van der Waals surface area contributed by atoms with Crippen molar-refractivity contribution in [2.75, 3.05) is 0 Å². The summed E-state index contributed by atoms with van der Waals surface area (Å²) < 4.78 is 41.5. The summed E-state index contributed by atoms with van der Waals surface area (Å²) in [6.45, 7) is 0. The Morgan fingerprint density at radius 2 is 0.985 bits per heavy atom. The van der Waals surface area contributed by atoms with E-state index in [1.54, 1.807) is 77.5 Å². The van der Waals surface area contributed by atoms with Crippen LogP contribution < -0.4 is 0 Å². The first kappa shape index (κ1) is 46.4. The van der Waals surface area contributed by atoms with Crippen molar-refractivity contribution < 1.29 is 86.6 Å². The first-order chi connectivity index (χ1) is 31.2. The van der Waals surface area contributed by atoms with Crippen LogP contribution in [0.15, 0.2) is 192 Å². The molecular formula is C50H32EuN2O8S4. The number of fused-ring (bicyclic) bond motifs is 9. The molecular weight excluding hydrogens is 1040 g/mol. The zero-order valence-corrected chi connectivity index (χ0v) is 39.3. The minimum absolute atomic E-state index is 0. The van der Waals surface area contributed by atoms with Crippen molar-refractivity contribution in [2.24, 2.45) is 0 Å². The number of nitrogens with zero attached hydrogens (tertiary/aromatic N) is 2. The van der Waals surface area contributed by atoms with E-state index >= 15 is 0 Å². The van der Waals surface area contributed by atoms with Gasteiger partial charge in [-0.1, -0.05) is 90.0 Å². The van der Waals surface area contributed by atoms with Crippen molar-refractivity contribution in [2.45, 2.75) is 9.79 Å². The fourth-order valence-electron chi connectivity index (χ4n) is 7.38. The van der Waals surface area contributed by atoms with E-state index in [1.165, 1.54) is 22.9 Å². The molecule has 65 heavy (non-hydrogen) atoms. The number of carbonyl (C=O) groups excluding carboxylic acids is 2. The molecule has 11 aromatic rings. The smallest absolute Gasteiger partial charge is 0.289 e. The zero-order chi connectivity index (χ0) is 44.2.